The van der Waals surface area contributed by atoms with E-state index in [1.165, 1.54) is 21.3 Å². The number of nitrogens with one attached hydrogen (secondary N) is 3. The number of aromatic nitrogens is 4. The van der Waals surface area contributed by atoms with Crippen LogP contribution in [0.2, 0.25) is 0 Å². The van der Waals surface area contributed by atoms with Gasteiger partial charge < -0.3 is 39.7 Å². The van der Waals surface area contributed by atoms with Gasteiger partial charge in [-0.25, -0.2) is 14.6 Å². The second-order valence-corrected chi connectivity index (χ2v) is 15.2. The van der Waals surface area contributed by atoms with Crippen LogP contribution in [0, 0.1) is 19.8 Å². The smallest absolute Gasteiger partial charge is 0.334 e. The first-order valence-corrected chi connectivity index (χ1v) is 19.4. The van der Waals surface area contributed by atoms with E-state index in [0.29, 0.717) is 56.0 Å². The summed E-state index contributed by atoms with van der Waals surface area (Å²) in [7, 11) is 3.81. The lowest BCUT2D eigenvalue weighted by molar-refractivity contribution is -0.149. The van der Waals surface area contributed by atoms with Crippen molar-refractivity contribution in [2.24, 2.45) is 5.92 Å². The molecular formula is C45H47N5O11. The molecule has 0 fully saturated rings. The van der Waals surface area contributed by atoms with E-state index in [-0.39, 0.29) is 31.3 Å². The Labute approximate surface area is 350 Å². The molecule has 1 aliphatic carbocycles. The van der Waals surface area contributed by atoms with E-state index in [4.69, 9.17) is 24.2 Å². The highest BCUT2D eigenvalue weighted by molar-refractivity contribution is 6.02. The zero-order valence-corrected chi connectivity index (χ0v) is 34.9. The van der Waals surface area contributed by atoms with Crippen molar-refractivity contribution in [1.82, 2.24) is 25.3 Å². The second-order valence-electron chi connectivity index (χ2n) is 15.2. The molecule has 318 valence electrons. The molecule has 0 saturated carbocycles. The lowest BCUT2D eigenvalue weighted by atomic mass is 9.64. The Kier molecular flexibility index (Phi) is 12.3. The average Bonchev–Trinajstić information content (AvgIpc) is 3.88. The van der Waals surface area contributed by atoms with Crippen LogP contribution in [0.4, 0.5) is 0 Å². The molecule has 3 aromatic rings. The lowest BCUT2D eigenvalue weighted by Gasteiger charge is -2.36. The van der Waals surface area contributed by atoms with Crippen LogP contribution in [0.1, 0.15) is 78.1 Å². The largest absolute Gasteiger partial charge is 0.481 e. The number of nitrogens with zero attached hydrogens (tertiary/aromatic N) is 2. The monoisotopic (exact) mass is 833 g/mol. The van der Waals surface area contributed by atoms with Crippen LogP contribution in [0.15, 0.2) is 54.6 Å². The fraction of sp³-hybridized carbons (Fsp3) is 0.333. The molecule has 16 nitrogen and oxygen atoms in total. The van der Waals surface area contributed by atoms with Gasteiger partial charge >= 0.3 is 29.8 Å². The summed E-state index contributed by atoms with van der Waals surface area (Å²) in [6.07, 6.45) is 4.53. The summed E-state index contributed by atoms with van der Waals surface area (Å²) in [5.74, 6) is -6.41. The molecule has 0 spiro atoms. The Hall–Kier alpha value is -7.10. The predicted octanol–water partition coefficient (Wildman–Crippen LogP) is 5.37. The van der Waals surface area contributed by atoms with Gasteiger partial charge in [0.2, 0.25) is 5.91 Å². The minimum absolute atomic E-state index is 0.0525. The number of ether oxygens (including phenoxy) is 3. The molecule has 2 aliphatic heterocycles. The third-order valence-corrected chi connectivity index (χ3v) is 11.7. The number of carboxylic acids is 2. The molecule has 61 heavy (non-hydrogen) atoms. The first-order valence-electron chi connectivity index (χ1n) is 19.4. The van der Waals surface area contributed by atoms with Crippen molar-refractivity contribution < 1.29 is 53.2 Å². The van der Waals surface area contributed by atoms with Crippen molar-refractivity contribution in [3.05, 3.63) is 99.7 Å². The third kappa shape index (κ3) is 8.12. The number of rotatable bonds is 13. The Balaban J connectivity index is 1.67. The molecule has 3 aliphatic rings. The molecule has 0 saturated heterocycles. The minimum Gasteiger partial charge on any atom is -0.481 e. The highest BCUT2D eigenvalue weighted by atomic mass is 16.5. The van der Waals surface area contributed by atoms with Crippen molar-refractivity contribution >= 4 is 74.5 Å². The highest BCUT2D eigenvalue weighted by Crippen LogP contribution is 2.52. The Morgan fingerprint density at radius 2 is 1.46 bits per heavy atom. The number of allylic oxidation sites excluding steroid dienone is 6. The number of hydrogen-bond donors (Lipinski definition) is 5. The van der Waals surface area contributed by atoms with Crippen LogP contribution in [0.25, 0.3) is 38.8 Å². The first kappa shape index (κ1) is 43.5. The van der Waals surface area contributed by atoms with E-state index in [9.17, 15) is 39.0 Å². The Morgan fingerprint density at radius 1 is 0.820 bits per heavy atom. The van der Waals surface area contributed by atoms with E-state index in [2.05, 4.69) is 21.9 Å². The van der Waals surface area contributed by atoms with Crippen LogP contribution in [0.5, 0.6) is 0 Å². The molecule has 3 aromatic heterocycles. The third-order valence-electron chi connectivity index (χ3n) is 11.7. The van der Waals surface area contributed by atoms with Gasteiger partial charge in [-0.3, -0.25) is 24.2 Å². The van der Waals surface area contributed by atoms with E-state index >= 15 is 0 Å². The van der Waals surface area contributed by atoms with Gasteiger partial charge in [0.1, 0.15) is 12.0 Å². The number of amides is 1. The van der Waals surface area contributed by atoms with Crippen LogP contribution < -0.4 is 5.32 Å². The highest BCUT2D eigenvalue weighted by Gasteiger charge is 2.53. The Bertz CT molecular complexity index is 2680. The van der Waals surface area contributed by atoms with Crippen molar-refractivity contribution in [2.75, 3.05) is 21.3 Å². The number of esters is 3. The maximum absolute atomic E-state index is 13.8. The van der Waals surface area contributed by atoms with E-state index in [1.54, 1.807) is 18.2 Å². The maximum Gasteiger partial charge on any atom is 0.334 e. The van der Waals surface area contributed by atoms with Gasteiger partial charge in [0.15, 0.2) is 0 Å². The number of aryl methyl sites for hydroxylation is 4. The molecule has 0 unspecified atom stereocenters. The molecule has 0 aromatic carbocycles. The molecule has 5 N–H and O–H groups in total. The van der Waals surface area contributed by atoms with Gasteiger partial charge in [-0.05, 0) is 98.2 Å². The van der Waals surface area contributed by atoms with Gasteiger partial charge in [-0.15, -0.1) is 0 Å². The zero-order valence-electron chi connectivity index (χ0n) is 34.9. The topological polar surface area (TPSA) is 240 Å². The molecule has 0 radical (unpaired) electrons. The number of aliphatic carboxylic acids is 2. The summed E-state index contributed by atoms with van der Waals surface area (Å²) in [6, 6.07) is 5.77. The number of H-pyrrole nitrogens is 2. The van der Waals surface area contributed by atoms with E-state index < -0.39 is 59.5 Å². The van der Waals surface area contributed by atoms with Crippen molar-refractivity contribution in [2.45, 2.75) is 71.3 Å². The second kappa shape index (κ2) is 17.2. The SMILES string of the molecule is C=CC1=C(C)c2cc3nc(cc4[nH]c(cc5[nH]c(cc1n2)c(C)c5CCC(=O)N[C@@H](CC(=O)O)C(=O)O)c(CCC(=O)OC)c4C)[C@@]1(C)C3=CC=C(C(=O)OC)[C@H]1C(=O)OC. The lowest BCUT2D eigenvalue weighted by Crippen LogP contribution is -2.42. The van der Waals surface area contributed by atoms with Crippen LogP contribution in [-0.2, 0) is 61.2 Å². The van der Waals surface area contributed by atoms with E-state index in [1.807, 2.05) is 52.0 Å². The molecule has 16 heteroatoms. The minimum atomic E-state index is -1.61. The summed E-state index contributed by atoms with van der Waals surface area (Å²) in [4.78, 5) is 92.7. The standard InChI is InChI=1S/C45H47N5O11/c1-9-24-21(2)30-17-35-28-13-10-27(43(57)60-7)41(44(58)61-8)45(28,5)37(49-35)19-31-23(4)26(12-15-40(54)59-6)34(48-31)18-33-25(22(3)29(47-33)16-32(24)46-30)11-14-38(51)50-36(42(55)56)20-39(52)53/h9-10,13,16-19,36,41,47-48H,1,11-12,14-15,20H2,2-8H3,(H,50,51)(H,52,53)(H,55,56)/t36-,41-,45+/m0/s1. The summed E-state index contributed by atoms with van der Waals surface area (Å²) in [6.45, 7) is 11.6. The molecule has 3 atom stereocenters. The number of fused-ring (bicyclic) bond motifs is 11. The number of aromatic amines is 2. The summed E-state index contributed by atoms with van der Waals surface area (Å²) in [5.41, 5.74) is 8.68. The molecule has 6 rings (SSSR count). The van der Waals surface area contributed by atoms with Gasteiger partial charge in [0.25, 0.3) is 0 Å². The number of carbonyl (C=O) groups excluding carboxylic acids is 4. The maximum atomic E-state index is 13.8. The molecule has 1 amide bonds. The van der Waals surface area contributed by atoms with Crippen molar-refractivity contribution in [3.8, 4) is 0 Å². The summed E-state index contributed by atoms with van der Waals surface area (Å²) >= 11 is 0. The first-order chi connectivity index (χ1) is 29.0. The van der Waals surface area contributed by atoms with Gasteiger partial charge in [-0.2, -0.15) is 0 Å². The molecular weight excluding hydrogens is 787 g/mol. The van der Waals surface area contributed by atoms with Crippen molar-refractivity contribution in [1.29, 1.82) is 0 Å². The van der Waals surface area contributed by atoms with Crippen LogP contribution >= 0.6 is 0 Å². The zero-order chi connectivity index (χ0) is 44.5. The summed E-state index contributed by atoms with van der Waals surface area (Å²) in [5, 5.41) is 21.0. The van der Waals surface area contributed by atoms with Crippen LogP contribution in [0.3, 0.4) is 0 Å². The van der Waals surface area contributed by atoms with Crippen LogP contribution in [-0.4, -0.2) is 93.3 Å². The quantitative estimate of drug-likeness (QED) is 0.108. The fourth-order valence-corrected chi connectivity index (χ4v) is 8.33. The Morgan fingerprint density at radius 3 is 2.03 bits per heavy atom. The number of hydrogen-bond acceptors (Lipinski definition) is 11. The van der Waals surface area contributed by atoms with Gasteiger partial charge in [0.05, 0.1) is 61.5 Å². The summed E-state index contributed by atoms with van der Waals surface area (Å²) < 4.78 is 15.4. The molecule has 5 heterocycles. The van der Waals surface area contributed by atoms with Gasteiger partial charge in [0, 0.05) is 40.5 Å². The average molecular weight is 834 g/mol. The number of carbonyl (C=O) groups is 6. The fourth-order valence-electron chi connectivity index (χ4n) is 8.33. The van der Waals surface area contributed by atoms with Gasteiger partial charge in [-0.1, -0.05) is 24.8 Å². The number of methoxy groups -OCH3 is 3. The number of carboxylic acid groups (broad SMARTS) is 2. The normalized spacial score (nSPS) is 17.3. The molecule has 8 bridgehead atoms. The van der Waals surface area contributed by atoms with E-state index in [0.717, 1.165) is 27.8 Å². The predicted molar refractivity (Wildman–Crippen MR) is 225 cm³/mol. The van der Waals surface area contributed by atoms with Crippen molar-refractivity contribution in [3.63, 3.8) is 0 Å².